The first kappa shape index (κ1) is 16.2. The predicted octanol–water partition coefficient (Wildman–Crippen LogP) is 1.74. The van der Waals surface area contributed by atoms with E-state index in [4.69, 9.17) is 4.74 Å². The molecule has 132 valence electrons. The van der Waals surface area contributed by atoms with Gasteiger partial charge in [0.15, 0.2) is 5.69 Å². The lowest BCUT2D eigenvalue weighted by atomic mass is 10.1. The maximum atomic E-state index is 12.7. The third-order valence-corrected chi connectivity index (χ3v) is 4.27. The van der Waals surface area contributed by atoms with Crippen LogP contribution in [-0.4, -0.2) is 55.0 Å². The first-order chi connectivity index (χ1) is 12.8. The Morgan fingerprint density at radius 3 is 2.65 bits per heavy atom. The van der Waals surface area contributed by atoms with Crippen LogP contribution in [0.4, 0.5) is 0 Å². The topological polar surface area (TPSA) is 86.0 Å². The Morgan fingerprint density at radius 1 is 1.12 bits per heavy atom. The van der Waals surface area contributed by atoms with Gasteiger partial charge in [-0.25, -0.2) is 9.97 Å². The number of piperidine rings is 1. The van der Waals surface area contributed by atoms with E-state index in [0.717, 1.165) is 18.5 Å². The molecule has 0 aliphatic carbocycles. The standard InChI is InChI=1S/C18H18N6O2/c25-18(16-12-21-24(22-16)14-4-2-1-3-5-14)23-10-7-15(8-11-23)26-17-6-9-19-13-20-17/h1-6,9,12-13,15H,7-8,10-11H2. The minimum Gasteiger partial charge on any atom is -0.474 e. The average Bonchev–Trinajstić information content (AvgIpc) is 3.20. The number of likely N-dealkylation sites (tertiary alicyclic amines) is 1. The Kier molecular flexibility index (Phi) is 4.55. The fraction of sp³-hybridized carbons (Fsp3) is 0.278. The number of hydrogen-bond donors (Lipinski definition) is 0. The zero-order chi connectivity index (χ0) is 17.8. The van der Waals surface area contributed by atoms with Gasteiger partial charge in [0.2, 0.25) is 5.88 Å². The summed E-state index contributed by atoms with van der Waals surface area (Å²) < 4.78 is 5.83. The number of ether oxygens (including phenoxy) is 1. The van der Waals surface area contributed by atoms with Crippen LogP contribution >= 0.6 is 0 Å². The van der Waals surface area contributed by atoms with Crippen molar-refractivity contribution in [1.82, 2.24) is 29.9 Å². The minimum absolute atomic E-state index is 0.0500. The molecule has 1 aliphatic heterocycles. The second kappa shape index (κ2) is 7.30. The van der Waals surface area contributed by atoms with Gasteiger partial charge in [-0.15, -0.1) is 5.10 Å². The lowest BCUT2D eigenvalue weighted by molar-refractivity contribution is 0.0582. The maximum Gasteiger partial charge on any atom is 0.276 e. The molecule has 0 unspecified atom stereocenters. The first-order valence-electron chi connectivity index (χ1n) is 8.49. The SMILES string of the molecule is O=C(c1cnn(-c2ccccc2)n1)N1CCC(Oc2ccncn2)CC1. The molecule has 0 spiro atoms. The van der Waals surface area contributed by atoms with Crippen molar-refractivity contribution in [1.29, 1.82) is 0 Å². The van der Waals surface area contributed by atoms with Crippen molar-refractivity contribution in [3.63, 3.8) is 0 Å². The highest BCUT2D eigenvalue weighted by molar-refractivity contribution is 5.92. The van der Waals surface area contributed by atoms with Gasteiger partial charge in [0.05, 0.1) is 11.9 Å². The largest absolute Gasteiger partial charge is 0.474 e. The summed E-state index contributed by atoms with van der Waals surface area (Å²) in [6, 6.07) is 11.3. The molecule has 2 aromatic heterocycles. The molecule has 0 bridgehead atoms. The summed E-state index contributed by atoms with van der Waals surface area (Å²) in [5, 5.41) is 8.50. The van der Waals surface area contributed by atoms with E-state index in [9.17, 15) is 4.79 Å². The van der Waals surface area contributed by atoms with Gasteiger partial charge in [0, 0.05) is 38.2 Å². The van der Waals surface area contributed by atoms with Crippen molar-refractivity contribution < 1.29 is 9.53 Å². The molecule has 1 amide bonds. The molecule has 1 saturated heterocycles. The van der Waals surface area contributed by atoms with E-state index in [1.54, 1.807) is 17.2 Å². The maximum absolute atomic E-state index is 12.7. The van der Waals surface area contributed by atoms with Crippen LogP contribution in [0.5, 0.6) is 5.88 Å². The highest BCUT2D eigenvalue weighted by Crippen LogP contribution is 2.18. The number of nitrogens with zero attached hydrogens (tertiary/aromatic N) is 6. The molecule has 1 aromatic carbocycles. The van der Waals surface area contributed by atoms with Gasteiger partial charge < -0.3 is 9.64 Å². The van der Waals surface area contributed by atoms with Gasteiger partial charge >= 0.3 is 0 Å². The van der Waals surface area contributed by atoms with Crippen LogP contribution in [0.3, 0.4) is 0 Å². The number of aromatic nitrogens is 5. The van der Waals surface area contributed by atoms with E-state index < -0.39 is 0 Å². The highest BCUT2D eigenvalue weighted by Gasteiger charge is 2.26. The van der Waals surface area contributed by atoms with Crippen LogP contribution < -0.4 is 4.74 Å². The molecule has 1 aliphatic rings. The first-order valence-corrected chi connectivity index (χ1v) is 8.49. The normalized spacial score (nSPS) is 15.0. The van der Waals surface area contributed by atoms with Gasteiger partial charge in [0.1, 0.15) is 12.4 Å². The Balaban J connectivity index is 1.36. The molecule has 26 heavy (non-hydrogen) atoms. The minimum atomic E-state index is -0.104. The van der Waals surface area contributed by atoms with Crippen LogP contribution in [0.1, 0.15) is 23.3 Å². The van der Waals surface area contributed by atoms with Gasteiger partial charge in [-0.2, -0.15) is 9.90 Å². The molecular weight excluding hydrogens is 332 g/mol. The van der Waals surface area contributed by atoms with E-state index in [1.165, 1.54) is 17.3 Å². The Labute approximate surface area is 150 Å². The molecule has 1 fully saturated rings. The van der Waals surface area contributed by atoms with E-state index in [1.807, 2.05) is 30.3 Å². The van der Waals surface area contributed by atoms with Gasteiger partial charge in [-0.3, -0.25) is 4.79 Å². The molecule has 4 rings (SSSR count). The zero-order valence-corrected chi connectivity index (χ0v) is 14.1. The molecule has 0 radical (unpaired) electrons. The smallest absolute Gasteiger partial charge is 0.276 e. The highest BCUT2D eigenvalue weighted by atomic mass is 16.5. The van der Waals surface area contributed by atoms with Crippen molar-refractivity contribution >= 4 is 5.91 Å². The predicted molar refractivity (Wildman–Crippen MR) is 92.9 cm³/mol. The van der Waals surface area contributed by atoms with Gasteiger partial charge in [-0.1, -0.05) is 18.2 Å². The van der Waals surface area contributed by atoms with E-state index in [0.29, 0.717) is 24.7 Å². The fourth-order valence-electron chi connectivity index (χ4n) is 2.90. The molecular formula is C18H18N6O2. The summed E-state index contributed by atoms with van der Waals surface area (Å²) >= 11 is 0. The Bertz CT molecular complexity index is 860. The van der Waals surface area contributed by atoms with Crippen molar-refractivity contribution in [2.75, 3.05) is 13.1 Å². The van der Waals surface area contributed by atoms with Gasteiger partial charge in [-0.05, 0) is 12.1 Å². The van der Waals surface area contributed by atoms with Crippen LogP contribution in [0.15, 0.2) is 55.1 Å². The second-order valence-corrected chi connectivity index (χ2v) is 6.01. The van der Waals surface area contributed by atoms with Crippen molar-refractivity contribution in [3.8, 4) is 11.6 Å². The molecule has 8 nitrogen and oxygen atoms in total. The molecule has 3 heterocycles. The summed E-state index contributed by atoms with van der Waals surface area (Å²) in [5.74, 6) is 0.461. The van der Waals surface area contributed by atoms with Crippen LogP contribution in [0.25, 0.3) is 5.69 Å². The quantitative estimate of drug-likeness (QED) is 0.712. The summed E-state index contributed by atoms with van der Waals surface area (Å²) in [5.41, 5.74) is 1.17. The molecule has 8 heteroatoms. The summed E-state index contributed by atoms with van der Waals surface area (Å²) in [7, 11) is 0. The third kappa shape index (κ3) is 3.53. The van der Waals surface area contributed by atoms with Crippen molar-refractivity contribution in [2.24, 2.45) is 0 Å². The zero-order valence-electron chi connectivity index (χ0n) is 14.1. The summed E-state index contributed by atoms with van der Waals surface area (Å²) in [6.07, 6.45) is 6.18. The number of rotatable bonds is 4. The summed E-state index contributed by atoms with van der Waals surface area (Å²) in [6.45, 7) is 1.24. The lowest BCUT2D eigenvalue weighted by Gasteiger charge is -2.31. The number of amides is 1. The van der Waals surface area contributed by atoms with E-state index >= 15 is 0 Å². The fourth-order valence-corrected chi connectivity index (χ4v) is 2.90. The lowest BCUT2D eigenvalue weighted by Crippen LogP contribution is -2.42. The third-order valence-electron chi connectivity index (χ3n) is 4.27. The number of para-hydroxylation sites is 1. The van der Waals surface area contributed by atoms with Crippen LogP contribution in [-0.2, 0) is 0 Å². The second-order valence-electron chi connectivity index (χ2n) is 6.01. The Hall–Kier alpha value is -3.29. The number of carbonyl (C=O) groups is 1. The van der Waals surface area contributed by atoms with E-state index in [-0.39, 0.29) is 12.0 Å². The molecule has 3 aromatic rings. The number of hydrogen-bond acceptors (Lipinski definition) is 6. The van der Waals surface area contributed by atoms with Gasteiger partial charge in [0.25, 0.3) is 5.91 Å². The van der Waals surface area contributed by atoms with Crippen molar-refractivity contribution in [3.05, 3.63) is 60.8 Å². The average molecular weight is 350 g/mol. The molecule has 0 N–H and O–H groups in total. The molecule has 0 atom stereocenters. The van der Waals surface area contributed by atoms with Crippen LogP contribution in [0.2, 0.25) is 0 Å². The van der Waals surface area contributed by atoms with Crippen molar-refractivity contribution in [2.45, 2.75) is 18.9 Å². The molecule has 0 saturated carbocycles. The monoisotopic (exact) mass is 350 g/mol. The number of carbonyl (C=O) groups excluding carboxylic acids is 1. The summed E-state index contributed by atoms with van der Waals surface area (Å²) in [4.78, 5) is 23.9. The number of benzene rings is 1. The van der Waals surface area contributed by atoms with Crippen LogP contribution in [0, 0.1) is 0 Å². The Morgan fingerprint density at radius 2 is 1.92 bits per heavy atom. The van der Waals surface area contributed by atoms with E-state index in [2.05, 4.69) is 20.2 Å².